The number of piperazine rings is 2. The van der Waals surface area contributed by atoms with Gasteiger partial charge in [0.25, 0.3) is 5.91 Å². The third-order valence-corrected chi connectivity index (χ3v) is 6.18. The smallest absolute Gasteiger partial charge is 0.274 e. The summed E-state index contributed by atoms with van der Waals surface area (Å²) in [6, 6.07) is 10.2. The average Bonchev–Trinajstić information content (AvgIpc) is 2.76. The van der Waals surface area contributed by atoms with Crippen molar-refractivity contribution >= 4 is 17.4 Å². The van der Waals surface area contributed by atoms with Crippen LogP contribution in [-0.2, 0) is 0 Å². The van der Waals surface area contributed by atoms with E-state index in [9.17, 15) is 4.79 Å². The zero-order valence-electron chi connectivity index (χ0n) is 17.6. The molecule has 4 rings (SSSR count). The van der Waals surface area contributed by atoms with E-state index in [0.717, 1.165) is 45.1 Å². The lowest BCUT2D eigenvalue weighted by Gasteiger charge is -2.37. The van der Waals surface area contributed by atoms with E-state index in [-0.39, 0.29) is 5.91 Å². The van der Waals surface area contributed by atoms with Crippen LogP contribution in [0, 0.1) is 13.8 Å². The van der Waals surface area contributed by atoms with Crippen LogP contribution in [0.2, 0.25) is 0 Å². The zero-order valence-corrected chi connectivity index (χ0v) is 17.6. The van der Waals surface area contributed by atoms with Crippen molar-refractivity contribution in [3.63, 3.8) is 0 Å². The first-order chi connectivity index (χ1) is 14.0. The molecular formula is C22H30N6O. The fourth-order valence-corrected chi connectivity index (χ4v) is 4.03. The van der Waals surface area contributed by atoms with Gasteiger partial charge in [-0.25, -0.2) is 0 Å². The zero-order chi connectivity index (χ0) is 20.4. The lowest BCUT2D eigenvalue weighted by atomic mass is 10.1. The number of benzene rings is 1. The molecule has 1 aromatic carbocycles. The van der Waals surface area contributed by atoms with Gasteiger partial charge in [0, 0.05) is 58.0 Å². The second-order valence-electron chi connectivity index (χ2n) is 8.07. The Bertz CT molecular complexity index is 852. The molecule has 1 aromatic heterocycles. The van der Waals surface area contributed by atoms with Gasteiger partial charge in [0.1, 0.15) is 0 Å². The van der Waals surface area contributed by atoms with Crippen molar-refractivity contribution in [2.24, 2.45) is 0 Å². The lowest BCUT2D eigenvalue weighted by Crippen LogP contribution is -2.49. The van der Waals surface area contributed by atoms with E-state index in [1.54, 1.807) is 0 Å². The van der Waals surface area contributed by atoms with Gasteiger partial charge >= 0.3 is 0 Å². The highest BCUT2D eigenvalue weighted by Crippen LogP contribution is 2.24. The molecular weight excluding hydrogens is 364 g/mol. The van der Waals surface area contributed by atoms with Crippen molar-refractivity contribution in [1.29, 1.82) is 0 Å². The number of hydrogen-bond acceptors (Lipinski definition) is 6. The highest BCUT2D eigenvalue weighted by molar-refractivity contribution is 5.92. The van der Waals surface area contributed by atoms with Gasteiger partial charge in [0.15, 0.2) is 11.5 Å². The molecule has 0 atom stereocenters. The van der Waals surface area contributed by atoms with Crippen LogP contribution in [0.1, 0.15) is 21.6 Å². The number of aromatic nitrogens is 2. The molecule has 2 saturated heterocycles. The van der Waals surface area contributed by atoms with Crippen LogP contribution in [0.4, 0.5) is 11.5 Å². The van der Waals surface area contributed by atoms with Gasteiger partial charge in [0.05, 0.1) is 0 Å². The Morgan fingerprint density at radius 2 is 1.52 bits per heavy atom. The number of aryl methyl sites for hydroxylation is 1. The second-order valence-corrected chi connectivity index (χ2v) is 8.07. The topological polar surface area (TPSA) is 55.8 Å². The Morgan fingerprint density at radius 3 is 2.17 bits per heavy atom. The van der Waals surface area contributed by atoms with Crippen LogP contribution in [0.5, 0.6) is 0 Å². The minimum absolute atomic E-state index is 0.0250. The van der Waals surface area contributed by atoms with Crippen LogP contribution in [0.15, 0.2) is 30.3 Å². The molecule has 0 unspecified atom stereocenters. The van der Waals surface area contributed by atoms with Gasteiger partial charge in [-0.05, 0) is 50.2 Å². The molecule has 2 aliphatic heterocycles. The Morgan fingerprint density at radius 1 is 0.828 bits per heavy atom. The number of carbonyl (C=O) groups is 1. The lowest BCUT2D eigenvalue weighted by molar-refractivity contribution is 0.0739. The van der Waals surface area contributed by atoms with Crippen molar-refractivity contribution in [1.82, 2.24) is 20.0 Å². The highest BCUT2D eigenvalue weighted by atomic mass is 16.2. The Labute approximate surface area is 172 Å². The van der Waals surface area contributed by atoms with Crippen molar-refractivity contribution in [3.8, 4) is 0 Å². The summed E-state index contributed by atoms with van der Waals surface area (Å²) in [7, 11) is 2.13. The van der Waals surface area contributed by atoms with Crippen molar-refractivity contribution < 1.29 is 4.79 Å². The molecule has 7 heteroatoms. The van der Waals surface area contributed by atoms with Gasteiger partial charge < -0.3 is 19.6 Å². The molecule has 29 heavy (non-hydrogen) atoms. The molecule has 1 amide bonds. The van der Waals surface area contributed by atoms with E-state index in [4.69, 9.17) is 0 Å². The Kier molecular flexibility index (Phi) is 5.67. The maximum Gasteiger partial charge on any atom is 0.274 e. The summed E-state index contributed by atoms with van der Waals surface area (Å²) in [4.78, 5) is 21.7. The normalized spacial score (nSPS) is 18.2. The number of nitrogens with zero attached hydrogens (tertiary/aromatic N) is 6. The Balaban J connectivity index is 1.36. The molecule has 0 N–H and O–H groups in total. The Hall–Kier alpha value is -2.67. The van der Waals surface area contributed by atoms with Crippen LogP contribution < -0.4 is 9.80 Å². The molecule has 2 aromatic rings. The maximum atomic E-state index is 12.9. The molecule has 3 heterocycles. The van der Waals surface area contributed by atoms with Gasteiger partial charge in [-0.15, -0.1) is 10.2 Å². The summed E-state index contributed by atoms with van der Waals surface area (Å²) in [6.45, 7) is 11.3. The monoisotopic (exact) mass is 394 g/mol. The summed E-state index contributed by atoms with van der Waals surface area (Å²) in [5.41, 5.74) is 4.32. The summed E-state index contributed by atoms with van der Waals surface area (Å²) in [5, 5.41) is 8.57. The van der Waals surface area contributed by atoms with Gasteiger partial charge in [-0.2, -0.15) is 0 Å². The molecule has 0 aliphatic carbocycles. The number of carbonyl (C=O) groups excluding carboxylic acids is 1. The fraction of sp³-hybridized carbons (Fsp3) is 0.500. The van der Waals surface area contributed by atoms with E-state index < -0.39 is 0 Å². The first-order valence-electron chi connectivity index (χ1n) is 10.4. The van der Waals surface area contributed by atoms with Crippen molar-refractivity contribution in [3.05, 3.63) is 47.2 Å². The fourth-order valence-electron chi connectivity index (χ4n) is 4.03. The molecule has 154 valence electrons. The standard InChI is InChI=1S/C22H30N6O/c1-17-5-4-6-20(18(17)2)26-13-15-28(16-14-26)22(29)19-7-8-21(24-23-19)27-11-9-25(3)10-12-27/h4-8H,9-16H2,1-3H3. The number of likely N-dealkylation sites (N-methyl/N-ethyl adjacent to an activating group) is 1. The average molecular weight is 395 g/mol. The molecule has 0 bridgehead atoms. The van der Waals surface area contributed by atoms with Crippen LogP contribution >= 0.6 is 0 Å². The third kappa shape index (κ3) is 4.19. The van der Waals surface area contributed by atoms with Crippen LogP contribution in [0.25, 0.3) is 0 Å². The number of rotatable bonds is 3. The van der Waals surface area contributed by atoms with E-state index in [1.165, 1.54) is 16.8 Å². The third-order valence-electron chi connectivity index (χ3n) is 6.18. The molecule has 0 saturated carbocycles. The first-order valence-corrected chi connectivity index (χ1v) is 10.4. The predicted octanol–water partition coefficient (Wildman–Crippen LogP) is 1.81. The molecule has 0 radical (unpaired) electrons. The first kappa shape index (κ1) is 19.6. The SMILES string of the molecule is Cc1cccc(N2CCN(C(=O)c3ccc(N4CCN(C)CC4)nn3)CC2)c1C. The summed E-state index contributed by atoms with van der Waals surface area (Å²) in [6.07, 6.45) is 0. The van der Waals surface area contributed by atoms with Crippen LogP contribution in [0.3, 0.4) is 0 Å². The molecule has 2 fully saturated rings. The maximum absolute atomic E-state index is 12.9. The second kappa shape index (κ2) is 8.37. The van der Waals surface area contributed by atoms with Gasteiger partial charge in [-0.1, -0.05) is 12.1 Å². The number of anilines is 2. The number of hydrogen-bond donors (Lipinski definition) is 0. The molecule has 7 nitrogen and oxygen atoms in total. The van der Waals surface area contributed by atoms with Gasteiger partial charge in [0.2, 0.25) is 0 Å². The van der Waals surface area contributed by atoms with E-state index in [2.05, 4.69) is 64.0 Å². The molecule has 2 aliphatic rings. The molecule has 0 spiro atoms. The van der Waals surface area contributed by atoms with Gasteiger partial charge in [-0.3, -0.25) is 4.79 Å². The minimum atomic E-state index is -0.0250. The van der Waals surface area contributed by atoms with Crippen LogP contribution in [-0.4, -0.2) is 85.3 Å². The van der Waals surface area contributed by atoms with Crippen molar-refractivity contribution in [2.45, 2.75) is 13.8 Å². The van der Waals surface area contributed by atoms with E-state index in [1.807, 2.05) is 17.0 Å². The summed E-state index contributed by atoms with van der Waals surface area (Å²) < 4.78 is 0. The largest absolute Gasteiger partial charge is 0.368 e. The van der Waals surface area contributed by atoms with Crippen molar-refractivity contribution in [2.75, 3.05) is 69.2 Å². The summed E-state index contributed by atoms with van der Waals surface area (Å²) >= 11 is 0. The van der Waals surface area contributed by atoms with E-state index in [0.29, 0.717) is 18.8 Å². The minimum Gasteiger partial charge on any atom is -0.368 e. The highest BCUT2D eigenvalue weighted by Gasteiger charge is 2.25. The summed E-state index contributed by atoms with van der Waals surface area (Å²) in [5.74, 6) is 0.831. The number of amides is 1. The van der Waals surface area contributed by atoms with E-state index >= 15 is 0 Å². The predicted molar refractivity (Wildman–Crippen MR) is 116 cm³/mol. The quantitative estimate of drug-likeness (QED) is 0.791.